The van der Waals surface area contributed by atoms with Crippen LogP contribution in [-0.4, -0.2) is 0 Å². The molecular formula is C24H22. The van der Waals surface area contributed by atoms with E-state index >= 15 is 0 Å². The van der Waals surface area contributed by atoms with Crippen molar-refractivity contribution in [1.82, 2.24) is 0 Å². The maximum absolute atomic E-state index is 3.77. The highest BCUT2D eigenvalue weighted by Crippen LogP contribution is 2.23. The van der Waals surface area contributed by atoms with Gasteiger partial charge in [0.05, 0.1) is 0 Å². The summed E-state index contributed by atoms with van der Waals surface area (Å²) in [6.07, 6.45) is 15.9. The Bertz CT molecular complexity index is 749. The maximum Gasteiger partial charge on any atom is -0.0111 e. The smallest absolute Gasteiger partial charge is 0.0111 e. The van der Waals surface area contributed by atoms with Gasteiger partial charge in [0.1, 0.15) is 0 Å². The molecule has 2 aromatic rings. The van der Waals surface area contributed by atoms with E-state index in [4.69, 9.17) is 0 Å². The van der Waals surface area contributed by atoms with Gasteiger partial charge in [-0.3, -0.25) is 0 Å². The standard InChI is InChI=1S/C24H22/c1-3-5-15-22(16-6-4-2)24(23-17-11-8-12-18-23)20-19-21-13-9-7-10-14-21/h3-20H,1-2H2. The molecule has 24 heavy (non-hydrogen) atoms. The van der Waals surface area contributed by atoms with Crippen LogP contribution in [0, 0.1) is 0 Å². The molecule has 0 aromatic heterocycles. The van der Waals surface area contributed by atoms with Crippen molar-refractivity contribution < 1.29 is 0 Å². The van der Waals surface area contributed by atoms with E-state index in [1.165, 1.54) is 11.1 Å². The van der Waals surface area contributed by atoms with Gasteiger partial charge in [-0.2, -0.15) is 0 Å². The Morgan fingerprint density at radius 2 is 1.21 bits per heavy atom. The fourth-order valence-corrected chi connectivity index (χ4v) is 2.30. The largest absolute Gasteiger partial charge is 0.0991 e. The van der Waals surface area contributed by atoms with Crippen LogP contribution in [0.25, 0.3) is 11.6 Å². The molecule has 0 nitrogen and oxygen atoms in total. The molecule has 2 aromatic carbocycles. The van der Waals surface area contributed by atoms with Crippen molar-refractivity contribution in [2.24, 2.45) is 0 Å². The molecule has 0 atom stereocenters. The highest BCUT2D eigenvalue weighted by atomic mass is 14.1. The molecule has 0 aliphatic heterocycles. The summed E-state index contributed by atoms with van der Waals surface area (Å²) in [6, 6.07) is 20.7. The van der Waals surface area contributed by atoms with Crippen molar-refractivity contribution in [2.75, 3.05) is 0 Å². The summed E-state index contributed by atoms with van der Waals surface area (Å²) < 4.78 is 0. The zero-order valence-electron chi connectivity index (χ0n) is 13.8. The van der Waals surface area contributed by atoms with Gasteiger partial charge in [0, 0.05) is 0 Å². The fourth-order valence-electron chi connectivity index (χ4n) is 2.30. The molecule has 2 rings (SSSR count). The van der Waals surface area contributed by atoms with Crippen molar-refractivity contribution >= 4 is 11.6 Å². The van der Waals surface area contributed by atoms with E-state index in [-0.39, 0.29) is 0 Å². The molecule has 0 N–H and O–H groups in total. The lowest BCUT2D eigenvalue weighted by Gasteiger charge is -2.07. The van der Waals surface area contributed by atoms with E-state index < -0.39 is 0 Å². The molecule has 0 saturated carbocycles. The number of hydrogen-bond acceptors (Lipinski definition) is 0. The van der Waals surface area contributed by atoms with Crippen LogP contribution in [0.2, 0.25) is 0 Å². The van der Waals surface area contributed by atoms with Crippen molar-refractivity contribution in [2.45, 2.75) is 0 Å². The summed E-state index contributed by atoms with van der Waals surface area (Å²) in [5.41, 5.74) is 4.59. The first-order chi connectivity index (χ1) is 11.8. The molecule has 0 spiro atoms. The van der Waals surface area contributed by atoms with E-state index in [0.29, 0.717) is 0 Å². The van der Waals surface area contributed by atoms with Crippen molar-refractivity contribution in [1.29, 1.82) is 0 Å². The van der Waals surface area contributed by atoms with Gasteiger partial charge in [0.15, 0.2) is 0 Å². The van der Waals surface area contributed by atoms with Crippen LogP contribution < -0.4 is 0 Å². The summed E-state index contributed by atoms with van der Waals surface area (Å²) in [5, 5.41) is 0. The average Bonchev–Trinajstić information content (AvgIpc) is 2.65. The number of hydrogen-bond donors (Lipinski definition) is 0. The van der Waals surface area contributed by atoms with Crippen LogP contribution in [0.15, 0.2) is 122 Å². The SMILES string of the molecule is C=CC=CC(C=CC=C)=C(C=Cc1ccccc1)c1ccccc1. The minimum Gasteiger partial charge on any atom is -0.0991 e. The van der Waals surface area contributed by atoms with Gasteiger partial charge in [-0.1, -0.05) is 122 Å². The molecule has 0 fully saturated rings. The highest BCUT2D eigenvalue weighted by molar-refractivity contribution is 5.84. The van der Waals surface area contributed by atoms with Crippen LogP contribution in [-0.2, 0) is 0 Å². The van der Waals surface area contributed by atoms with Crippen LogP contribution >= 0.6 is 0 Å². The zero-order valence-corrected chi connectivity index (χ0v) is 13.8. The third kappa shape index (κ3) is 5.26. The predicted molar refractivity (Wildman–Crippen MR) is 108 cm³/mol. The van der Waals surface area contributed by atoms with Crippen LogP contribution in [0.4, 0.5) is 0 Å². The molecule has 0 heterocycles. The zero-order chi connectivity index (χ0) is 17.0. The predicted octanol–water partition coefficient (Wildman–Crippen LogP) is 6.64. The summed E-state index contributed by atoms with van der Waals surface area (Å²) in [7, 11) is 0. The Labute approximate surface area is 145 Å². The van der Waals surface area contributed by atoms with Gasteiger partial charge >= 0.3 is 0 Å². The Balaban J connectivity index is 2.55. The molecule has 0 aliphatic carbocycles. The number of allylic oxidation sites excluding steroid dienone is 9. The van der Waals surface area contributed by atoms with E-state index in [9.17, 15) is 0 Å². The lowest BCUT2D eigenvalue weighted by atomic mass is 9.97. The number of benzene rings is 2. The lowest BCUT2D eigenvalue weighted by Crippen LogP contribution is -1.86. The van der Waals surface area contributed by atoms with Gasteiger partial charge < -0.3 is 0 Å². The van der Waals surface area contributed by atoms with Gasteiger partial charge in [-0.15, -0.1) is 0 Å². The summed E-state index contributed by atoms with van der Waals surface area (Å²) in [4.78, 5) is 0. The van der Waals surface area contributed by atoms with E-state index in [1.54, 1.807) is 12.2 Å². The maximum atomic E-state index is 3.77. The highest BCUT2D eigenvalue weighted by Gasteiger charge is 2.02. The van der Waals surface area contributed by atoms with Crippen LogP contribution in [0.3, 0.4) is 0 Å². The normalized spacial score (nSPS) is 11.2. The Kier molecular flexibility index (Phi) is 7.04. The Morgan fingerprint density at radius 3 is 1.75 bits per heavy atom. The molecule has 0 saturated heterocycles. The van der Waals surface area contributed by atoms with E-state index in [1.807, 2.05) is 36.4 Å². The quantitative estimate of drug-likeness (QED) is 0.503. The van der Waals surface area contributed by atoms with Crippen molar-refractivity contribution in [3.8, 4) is 0 Å². The molecule has 0 amide bonds. The van der Waals surface area contributed by atoms with Gasteiger partial charge in [0.25, 0.3) is 0 Å². The van der Waals surface area contributed by atoms with E-state index in [2.05, 4.69) is 73.9 Å². The first-order valence-electron chi connectivity index (χ1n) is 7.96. The Hall–Kier alpha value is -3.12. The van der Waals surface area contributed by atoms with Crippen molar-refractivity contribution in [3.05, 3.63) is 133 Å². The molecule has 0 radical (unpaired) electrons. The molecule has 0 unspecified atom stereocenters. The second-order valence-electron chi connectivity index (χ2n) is 5.17. The van der Waals surface area contributed by atoms with Crippen LogP contribution in [0.1, 0.15) is 11.1 Å². The molecule has 0 heteroatoms. The number of rotatable bonds is 7. The molecule has 118 valence electrons. The minimum atomic E-state index is 1.10. The third-order valence-electron chi connectivity index (χ3n) is 3.46. The summed E-state index contributed by atoms with van der Waals surface area (Å²) in [5.74, 6) is 0. The van der Waals surface area contributed by atoms with Gasteiger partial charge in [0.2, 0.25) is 0 Å². The van der Waals surface area contributed by atoms with E-state index in [0.717, 1.165) is 11.1 Å². The summed E-state index contributed by atoms with van der Waals surface area (Å²) in [6.45, 7) is 7.53. The second kappa shape index (κ2) is 9.81. The monoisotopic (exact) mass is 310 g/mol. The van der Waals surface area contributed by atoms with Gasteiger partial charge in [-0.05, 0) is 22.3 Å². The molecular weight excluding hydrogens is 288 g/mol. The first kappa shape index (κ1) is 17.2. The fraction of sp³-hybridized carbons (Fsp3) is 0. The average molecular weight is 310 g/mol. The Morgan fingerprint density at radius 1 is 0.667 bits per heavy atom. The molecule has 0 aliphatic rings. The first-order valence-corrected chi connectivity index (χ1v) is 7.96. The molecule has 0 bridgehead atoms. The van der Waals surface area contributed by atoms with Gasteiger partial charge in [-0.25, -0.2) is 0 Å². The van der Waals surface area contributed by atoms with Crippen molar-refractivity contribution in [3.63, 3.8) is 0 Å². The lowest BCUT2D eigenvalue weighted by molar-refractivity contribution is 1.58. The second-order valence-corrected chi connectivity index (χ2v) is 5.17. The minimum absolute atomic E-state index is 1.10. The van der Waals surface area contributed by atoms with Crippen LogP contribution in [0.5, 0.6) is 0 Å². The summed E-state index contributed by atoms with van der Waals surface area (Å²) >= 11 is 0. The third-order valence-corrected chi connectivity index (χ3v) is 3.46. The topological polar surface area (TPSA) is 0 Å².